The Labute approximate surface area is 441 Å². The minimum atomic E-state index is -1.34. The first kappa shape index (κ1) is 51.6. The molecule has 1 radical (unpaired) electrons. The Bertz CT molecular complexity index is 3410. The summed E-state index contributed by atoms with van der Waals surface area (Å²) < 4.78 is 4.94. The van der Waals surface area contributed by atoms with E-state index in [0.717, 1.165) is 40.1 Å². The summed E-state index contributed by atoms with van der Waals surface area (Å²) in [6.45, 7) is 28.0. The van der Waals surface area contributed by atoms with Crippen LogP contribution >= 0.6 is 11.3 Å². The fraction of sp³-hybridized carbons (Fsp3) is 0.262. The third-order valence-electron chi connectivity index (χ3n) is 13.5. The topological polar surface area (TPSA) is 30.7 Å². The summed E-state index contributed by atoms with van der Waals surface area (Å²) in [6, 6.07) is 61.5. The van der Waals surface area contributed by atoms with Gasteiger partial charge in [-0.05, 0) is 108 Å². The van der Waals surface area contributed by atoms with Gasteiger partial charge >= 0.3 is 0 Å². The van der Waals surface area contributed by atoms with Crippen LogP contribution in [-0.2, 0) is 31.9 Å². The van der Waals surface area contributed by atoms with Crippen LogP contribution in [0.1, 0.15) is 96.4 Å². The molecule has 0 fully saturated rings. The number of pyridine rings is 1. The van der Waals surface area contributed by atoms with Crippen molar-refractivity contribution in [2.24, 2.45) is 5.92 Å². The maximum atomic E-state index is 5.39. The summed E-state index contributed by atoms with van der Waals surface area (Å²) in [5, 5.41) is 4.01. The standard InChI is InChI=1S/C47H43N2S.C18H24NSi.Ir/c1-29(2)39-27-35(47(5,6)7)28-40(30(3)4)44(39)49-42-19-12-11-18-41(42)48-46(49)38-17-13-16-37-36-25-24-34(26-43(36)50-45(37)38)33-22-20-32(21-23-33)31-14-9-8-10-15-31;1-14(2)11-16-12-17(15-9-7-6-8-10-15)19-13-18(16)20(3,4)5;/h8-16,18-30H,1-7H3;6-9,12-14H,11H2,1-5H3;/q2*-1;. The Balaban J connectivity index is 0.000000271. The van der Waals surface area contributed by atoms with Crippen LogP contribution in [0.2, 0.25) is 19.6 Å². The van der Waals surface area contributed by atoms with Gasteiger partial charge in [0.1, 0.15) is 0 Å². The van der Waals surface area contributed by atoms with Gasteiger partial charge in [0, 0.05) is 36.7 Å². The van der Waals surface area contributed by atoms with Crippen LogP contribution in [0.3, 0.4) is 0 Å². The Morgan fingerprint density at radius 1 is 0.634 bits per heavy atom. The number of nitrogens with zero attached hydrogens (tertiary/aromatic N) is 3. The first-order valence-electron chi connectivity index (χ1n) is 25.1. The number of benzene rings is 7. The smallest absolute Gasteiger partial charge is 0.0798 e. The average molecular weight is 1140 g/mol. The molecule has 0 saturated heterocycles. The Morgan fingerprint density at radius 3 is 1.87 bits per heavy atom. The van der Waals surface area contributed by atoms with Gasteiger partial charge in [0.15, 0.2) is 0 Å². The monoisotopic (exact) mass is 1140 g/mol. The molecule has 0 aliphatic heterocycles. The van der Waals surface area contributed by atoms with Crippen LogP contribution in [0.25, 0.3) is 81.8 Å². The molecule has 0 atom stereocenters. The van der Waals surface area contributed by atoms with Crippen LogP contribution < -0.4 is 5.19 Å². The van der Waals surface area contributed by atoms with E-state index in [1.165, 1.54) is 75.6 Å². The number of hydrogen-bond donors (Lipinski definition) is 0. The molecule has 0 unspecified atom stereocenters. The van der Waals surface area contributed by atoms with Crippen molar-refractivity contribution in [1.29, 1.82) is 0 Å². The van der Waals surface area contributed by atoms with Crippen molar-refractivity contribution in [2.75, 3.05) is 0 Å². The minimum absolute atomic E-state index is 0. The quantitative estimate of drug-likeness (QED) is 0.101. The number of thiophene rings is 1. The molecular weight excluding hydrogens is 1080 g/mol. The maximum absolute atomic E-state index is 5.39. The first-order valence-corrected chi connectivity index (χ1v) is 29.4. The Kier molecular flexibility index (Phi) is 15.4. The molecule has 0 N–H and O–H groups in total. The molecule has 363 valence electrons. The van der Waals surface area contributed by atoms with Crippen LogP contribution in [-0.4, -0.2) is 22.6 Å². The van der Waals surface area contributed by atoms with Gasteiger partial charge < -0.3 is 9.55 Å². The summed E-state index contributed by atoms with van der Waals surface area (Å²) in [5.41, 5.74) is 17.1. The van der Waals surface area contributed by atoms with E-state index in [1.54, 1.807) is 0 Å². The van der Waals surface area contributed by atoms with Gasteiger partial charge in [-0.3, -0.25) is 4.98 Å². The number of aromatic nitrogens is 3. The van der Waals surface area contributed by atoms with Crippen molar-refractivity contribution in [3.8, 4) is 50.6 Å². The molecule has 0 spiro atoms. The molecule has 10 rings (SSSR count). The molecular formula is C65H67IrN3SSi-2. The molecule has 0 bridgehead atoms. The fourth-order valence-electron chi connectivity index (χ4n) is 9.73. The van der Waals surface area contributed by atoms with Gasteiger partial charge in [0.2, 0.25) is 0 Å². The van der Waals surface area contributed by atoms with E-state index in [0.29, 0.717) is 17.8 Å². The van der Waals surface area contributed by atoms with Crippen molar-refractivity contribution in [1.82, 2.24) is 14.5 Å². The molecule has 3 heterocycles. The number of imidazole rings is 1. The normalized spacial score (nSPS) is 12.0. The molecule has 10 aromatic rings. The third kappa shape index (κ3) is 10.9. The predicted molar refractivity (Wildman–Crippen MR) is 306 cm³/mol. The van der Waals surface area contributed by atoms with Crippen molar-refractivity contribution in [3.05, 3.63) is 192 Å². The van der Waals surface area contributed by atoms with Gasteiger partial charge in [-0.15, -0.1) is 54.1 Å². The molecule has 3 nitrogen and oxygen atoms in total. The number of hydrogen-bond acceptors (Lipinski definition) is 3. The second kappa shape index (κ2) is 21.1. The third-order valence-corrected chi connectivity index (χ3v) is 16.7. The fourth-order valence-corrected chi connectivity index (χ4v) is 12.5. The van der Waals surface area contributed by atoms with E-state index in [1.807, 2.05) is 29.5 Å². The van der Waals surface area contributed by atoms with E-state index in [2.05, 4.69) is 243 Å². The van der Waals surface area contributed by atoms with Crippen LogP contribution in [0.4, 0.5) is 0 Å². The Morgan fingerprint density at radius 2 is 1.25 bits per heavy atom. The van der Waals surface area contributed by atoms with Crippen molar-refractivity contribution in [3.63, 3.8) is 0 Å². The van der Waals surface area contributed by atoms with E-state index in [-0.39, 0.29) is 25.5 Å². The molecule has 7 aromatic carbocycles. The van der Waals surface area contributed by atoms with E-state index in [4.69, 9.17) is 4.98 Å². The van der Waals surface area contributed by atoms with E-state index in [9.17, 15) is 0 Å². The summed E-state index contributed by atoms with van der Waals surface area (Å²) in [5.74, 6) is 2.29. The van der Waals surface area contributed by atoms with E-state index < -0.39 is 8.07 Å². The summed E-state index contributed by atoms with van der Waals surface area (Å²) >= 11 is 1.85. The van der Waals surface area contributed by atoms with Gasteiger partial charge in [0.25, 0.3) is 0 Å². The van der Waals surface area contributed by atoms with Crippen LogP contribution in [0.5, 0.6) is 0 Å². The van der Waals surface area contributed by atoms with Gasteiger partial charge in [-0.25, -0.2) is 0 Å². The first-order chi connectivity index (χ1) is 33.5. The van der Waals surface area contributed by atoms with Crippen molar-refractivity contribution >= 4 is 55.8 Å². The summed E-state index contributed by atoms with van der Waals surface area (Å²) in [6.07, 6.45) is 3.24. The molecule has 3 aromatic heterocycles. The minimum Gasteiger partial charge on any atom is -0.333 e. The summed E-state index contributed by atoms with van der Waals surface area (Å²) in [4.78, 5) is 10.1. The second-order valence-corrected chi connectivity index (χ2v) is 28.1. The zero-order valence-corrected chi connectivity index (χ0v) is 47.7. The molecule has 0 amide bonds. The maximum Gasteiger partial charge on any atom is 0.0798 e. The molecule has 6 heteroatoms. The molecule has 0 aliphatic carbocycles. The number of rotatable bonds is 10. The van der Waals surface area contributed by atoms with Gasteiger partial charge in [-0.1, -0.05) is 196 Å². The second-order valence-electron chi connectivity index (χ2n) is 22.0. The molecule has 71 heavy (non-hydrogen) atoms. The van der Waals surface area contributed by atoms with Crippen molar-refractivity contribution < 1.29 is 20.1 Å². The van der Waals surface area contributed by atoms with E-state index >= 15 is 0 Å². The van der Waals surface area contributed by atoms with Crippen molar-refractivity contribution in [2.45, 2.75) is 106 Å². The van der Waals surface area contributed by atoms with Gasteiger partial charge in [-0.2, -0.15) is 11.3 Å². The number of para-hydroxylation sites is 2. The molecule has 0 saturated carbocycles. The molecule has 0 aliphatic rings. The Hall–Kier alpha value is -5.75. The SMILES string of the molecule is CC(C)Cc1cc(-c2[c-]cccc2)ncc1[Si](C)(C)C.CC(C)c1cc(C(C)(C)C)cc(C(C)C)c1-n1c(-c2[c-]ccc3c2sc2cc(-c4ccc(-c5ccccc5)cc4)ccc23)nc2ccccc21.[Ir]. The summed E-state index contributed by atoms with van der Waals surface area (Å²) in [7, 11) is -1.34. The largest absolute Gasteiger partial charge is 0.333 e. The van der Waals surface area contributed by atoms with Crippen LogP contribution in [0, 0.1) is 18.1 Å². The van der Waals surface area contributed by atoms with Gasteiger partial charge in [0.05, 0.1) is 24.9 Å². The van der Waals surface area contributed by atoms with Crippen LogP contribution in [0.15, 0.2) is 158 Å². The zero-order chi connectivity index (χ0) is 49.5. The average Bonchev–Trinajstić information content (AvgIpc) is 3.92. The zero-order valence-electron chi connectivity index (χ0n) is 43.5. The number of fused-ring (bicyclic) bond motifs is 4. The predicted octanol–water partition coefficient (Wildman–Crippen LogP) is 18.0.